The van der Waals surface area contributed by atoms with E-state index in [4.69, 9.17) is 11.6 Å². The fraction of sp³-hybridized carbons (Fsp3) is 0.429. The van der Waals surface area contributed by atoms with Crippen LogP contribution in [0.25, 0.3) is 0 Å². The molecule has 146 valence electrons. The Bertz CT molecular complexity index is 929. The Balaban J connectivity index is 1.90. The van der Waals surface area contributed by atoms with Gasteiger partial charge in [-0.3, -0.25) is 0 Å². The van der Waals surface area contributed by atoms with E-state index in [0.29, 0.717) is 29.4 Å². The number of aryl methyl sites for hydroxylation is 2. The molecule has 3 rings (SSSR count). The number of hydrogen-bond donors (Lipinski definition) is 1. The van der Waals surface area contributed by atoms with Crippen LogP contribution in [0.4, 0.5) is 0 Å². The molecule has 1 saturated heterocycles. The lowest BCUT2D eigenvalue weighted by molar-refractivity contribution is 0.0645. The van der Waals surface area contributed by atoms with E-state index in [9.17, 15) is 13.5 Å². The number of hydrogen-bond acceptors (Lipinski definition) is 3. The largest absolute Gasteiger partial charge is 0.396 e. The van der Waals surface area contributed by atoms with Gasteiger partial charge in [-0.15, -0.1) is 0 Å². The number of benzene rings is 2. The van der Waals surface area contributed by atoms with Crippen LogP contribution >= 0.6 is 11.6 Å². The average Bonchev–Trinajstić information content (AvgIpc) is 2.64. The van der Waals surface area contributed by atoms with Crippen molar-refractivity contribution >= 4 is 21.6 Å². The normalized spacial score (nSPS) is 21.3. The molecule has 1 N–H and O–H groups in total. The van der Waals surface area contributed by atoms with Crippen LogP contribution in [-0.2, 0) is 16.4 Å². The maximum Gasteiger partial charge on any atom is 0.243 e. The van der Waals surface area contributed by atoms with Crippen molar-refractivity contribution in [3.63, 3.8) is 0 Å². The first kappa shape index (κ1) is 20.3. The van der Waals surface area contributed by atoms with Crippen LogP contribution in [0.3, 0.4) is 0 Å². The molecule has 0 aliphatic carbocycles. The molecule has 2 aromatic carbocycles. The molecule has 2 aromatic rings. The number of rotatable bonds is 5. The third-order valence-corrected chi connectivity index (χ3v) is 7.61. The lowest BCUT2D eigenvalue weighted by Crippen LogP contribution is -2.49. The van der Waals surface area contributed by atoms with Gasteiger partial charge < -0.3 is 5.11 Å². The van der Waals surface area contributed by atoms with Gasteiger partial charge in [0.2, 0.25) is 10.0 Å². The molecule has 1 fully saturated rings. The van der Waals surface area contributed by atoms with Crippen molar-refractivity contribution in [3.05, 3.63) is 64.2 Å². The fourth-order valence-corrected chi connectivity index (χ4v) is 6.02. The molecule has 0 aromatic heterocycles. The molecule has 0 saturated carbocycles. The van der Waals surface area contributed by atoms with E-state index in [0.717, 1.165) is 29.5 Å². The van der Waals surface area contributed by atoms with Crippen LogP contribution < -0.4 is 0 Å². The quantitative estimate of drug-likeness (QED) is 0.816. The minimum Gasteiger partial charge on any atom is -0.396 e. The van der Waals surface area contributed by atoms with Crippen molar-refractivity contribution in [2.75, 3.05) is 19.7 Å². The monoisotopic (exact) mass is 407 g/mol. The standard InChI is InChI=1S/C21H26ClNO3S/c1-16-7-8-17(2)20(11-16)27(25,26)23-10-4-9-21(14-23,15-24)13-18-5-3-6-19(22)12-18/h3,5-8,11-12,24H,4,9-10,13-15H2,1-2H3/t21-/m1/s1. The van der Waals surface area contributed by atoms with Crippen LogP contribution in [0, 0.1) is 19.3 Å². The lowest BCUT2D eigenvalue weighted by atomic mass is 9.76. The molecule has 1 atom stereocenters. The summed E-state index contributed by atoms with van der Waals surface area (Å²) in [6.45, 7) is 4.45. The van der Waals surface area contributed by atoms with Crippen molar-refractivity contribution in [1.29, 1.82) is 0 Å². The zero-order chi connectivity index (χ0) is 19.7. The van der Waals surface area contributed by atoms with Crippen molar-refractivity contribution in [2.24, 2.45) is 5.41 Å². The van der Waals surface area contributed by atoms with Crippen LogP contribution in [0.1, 0.15) is 29.5 Å². The van der Waals surface area contributed by atoms with E-state index < -0.39 is 15.4 Å². The third-order valence-electron chi connectivity index (χ3n) is 5.39. The Kier molecular flexibility index (Phi) is 5.96. The van der Waals surface area contributed by atoms with Gasteiger partial charge in [-0.25, -0.2) is 8.42 Å². The average molecular weight is 408 g/mol. The zero-order valence-electron chi connectivity index (χ0n) is 15.8. The molecule has 1 aliphatic heterocycles. The van der Waals surface area contributed by atoms with Gasteiger partial charge in [0.05, 0.1) is 11.5 Å². The molecule has 0 bridgehead atoms. The van der Waals surface area contributed by atoms with E-state index in [2.05, 4.69) is 0 Å². The van der Waals surface area contributed by atoms with Gasteiger partial charge in [-0.2, -0.15) is 4.31 Å². The highest BCUT2D eigenvalue weighted by atomic mass is 35.5. The molecule has 0 unspecified atom stereocenters. The summed E-state index contributed by atoms with van der Waals surface area (Å²) in [5, 5.41) is 10.8. The first-order chi connectivity index (χ1) is 12.8. The van der Waals surface area contributed by atoms with E-state index in [1.807, 2.05) is 50.2 Å². The summed E-state index contributed by atoms with van der Waals surface area (Å²) in [6, 6.07) is 13.1. The van der Waals surface area contributed by atoms with E-state index in [-0.39, 0.29) is 6.61 Å². The molecule has 4 nitrogen and oxygen atoms in total. The molecule has 0 radical (unpaired) electrons. The van der Waals surface area contributed by atoms with Crippen molar-refractivity contribution in [2.45, 2.75) is 38.0 Å². The summed E-state index contributed by atoms with van der Waals surface area (Å²) in [5.41, 5.74) is 2.19. The Labute approximate surface area is 166 Å². The van der Waals surface area contributed by atoms with Gasteiger partial charge in [-0.05, 0) is 68.0 Å². The Morgan fingerprint density at radius 1 is 1.19 bits per heavy atom. The Morgan fingerprint density at radius 3 is 2.67 bits per heavy atom. The van der Waals surface area contributed by atoms with Gasteiger partial charge in [0.1, 0.15) is 0 Å². The highest BCUT2D eigenvalue weighted by Gasteiger charge is 2.40. The van der Waals surface area contributed by atoms with Gasteiger partial charge >= 0.3 is 0 Å². The third kappa shape index (κ3) is 4.37. The summed E-state index contributed by atoms with van der Waals surface area (Å²) in [4.78, 5) is 0.360. The lowest BCUT2D eigenvalue weighted by Gasteiger charge is -2.41. The second-order valence-electron chi connectivity index (χ2n) is 7.68. The smallest absolute Gasteiger partial charge is 0.243 e. The second-order valence-corrected chi connectivity index (χ2v) is 10.0. The highest BCUT2D eigenvalue weighted by Crippen LogP contribution is 2.36. The summed E-state index contributed by atoms with van der Waals surface area (Å²) in [6.07, 6.45) is 2.11. The van der Waals surface area contributed by atoms with Gasteiger partial charge in [-0.1, -0.05) is 35.9 Å². The van der Waals surface area contributed by atoms with Crippen molar-refractivity contribution < 1.29 is 13.5 Å². The van der Waals surface area contributed by atoms with Crippen molar-refractivity contribution in [1.82, 2.24) is 4.31 Å². The van der Waals surface area contributed by atoms with Crippen LogP contribution in [-0.4, -0.2) is 37.5 Å². The first-order valence-corrected chi connectivity index (χ1v) is 11.0. The molecular formula is C21H26ClNO3S. The molecular weight excluding hydrogens is 382 g/mol. The van der Waals surface area contributed by atoms with Crippen LogP contribution in [0.2, 0.25) is 5.02 Å². The molecule has 0 amide bonds. The summed E-state index contributed by atoms with van der Waals surface area (Å²) < 4.78 is 28.1. The fourth-order valence-electron chi connectivity index (χ4n) is 3.90. The predicted molar refractivity (Wildman–Crippen MR) is 109 cm³/mol. The van der Waals surface area contributed by atoms with E-state index >= 15 is 0 Å². The van der Waals surface area contributed by atoms with Crippen molar-refractivity contribution in [3.8, 4) is 0 Å². The summed E-state index contributed by atoms with van der Waals surface area (Å²) in [7, 11) is -3.60. The van der Waals surface area contributed by atoms with Gasteiger partial charge in [0, 0.05) is 23.5 Å². The Hall–Kier alpha value is -1.40. The second kappa shape index (κ2) is 7.92. The molecule has 6 heteroatoms. The number of sulfonamides is 1. The van der Waals surface area contributed by atoms with Crippen LogP contribution in [0.5, 0.6) is 0 Å². The van der Waals surface area contributed by atoms with Gasteiger partial charge in [0.15, 0.2) is 0 Å². The number of nitrogens with zero attached hydrogens (tertiary/aromatic N) is 1. The molecule has 0 spiro atoms. The maximum absolute atomic E-state index is 13.3. The SMILES string of the molecule is Cc1ccc(C)c(S(=O)(=O)N2CCC[C@@](CO)(Cc3cccc(Cl)c3)C2)c1. The summed E-state index contributed by atoms with van der Waals surface area (Å²) in [5.74, 6) is 0. The summed E-state index contributed by atoms with van der Waals surface area (Å²) >= 11 is 6.10. The number of aliphatic hydroxyl groups excluding tert-OH is 1. The van der Waals surface area contributed by atoms with E-state index in [1.165, 1.54) is 0 Å². The topological polar surface area (TPSA) is 57.6 Å². The number of piperidine rings is 1. The zero-order valence-corrected chi connectivity index (χ0v) is 17.4. The maximum atomic E-state index is 13.3. The van der Waals surface area contributed by atoms with Gasteiger partial charge in [0.25, 0.3) is 0 Å². The number of aliphatic hydroxyl groups is 1. The minimum atomic E-state index is -3.60. The Morgan fingerprint density at radius 2 is 1.96 bits per heavy atom. The number of halogens is 1. The molecule has 27 heavy (non-hydrogen) atoms. The molecule has 1 aliphatic rings. The minimum absolute atomic E-state index is 0.0572. The highest BCUT2D eigenvalue weighted by molar-refractivity contribution is 7.89. The van der Waals surface area contributed by atoms with E-state index in [1.54, 1.807) is 10.4 Å². The molecule has 1 heterocycles. The predicted octanol–water partition coefficient (Wildman–Crippen LogP) is 3.96. The van der Waals surface area contributed by atoms with Crippen LogP contribution in [0.15, 0.2) is 47.4 Å². The first-order valence-electron chi connectivity index (χ1n) is 9.18.